The lowest BCUT2D eigenvalue weighted by atomic mass is 10.0. The van der Waals surface area contributed by atoms with Crippen LogP contribution in [0.4, 0.5) is 0 Å². The summed E-state index contributed by atoms with van der Waals surface area (Å²) in [6, 6.07) is 6.50. The molecule has 1 fully saturated rings. The van der Waals surface area contributed by atoms with Gasteiger partial charge in [0.2, 0.25) is 0 Å². The fraction of sp³-hybridized carbons (Fsp3) is 0.538. The number of piperidine rings is 1. The van der Waals surface area contributed by atoms with Gasteiger partial charge >= 0.3 is 0 Å². The van der Waals surface area contributed by atoms with Gasteiger partial charge in [0.05, 0.1) is 0 Å². The summed E-state index contributed by atoms with van der Waals surface area (Å²) in [5.74, 6) is 0.778. The molecule has 2 rings (SSSR count). The van der Waals surface area contributed by atoms with Crippen molar-refractivity contribution < 1.29 is 13.5 Å². The monoisotopic (exact) mass is 284 g/mol. The van der Waals surface area contributed by atoms with Gasteiger partial charge in [-0.1, -0.05) is 19.1 Å². The summed E-state index contributed by atoms with van der Waals surface area (Å²) in [7, 11) is -3.39. The first-order valence-corrected chi connectivity index (χ1v) is 7.94. The highest BCUT2D eigenvalue weighted by Gasteiger charge is 2.25. The normalized spacial score (nSPS) is 18.6. The van der Waals surface area contributed by atoms with Gasteiger partial charge < -0.3 is 5.11 Å². The molecule has 0 unspecified atom stereocenters. The Bertz CT molecular complexity index is 505. The van der Waals surface area contributed by atoms with Crippen molar-refractivity contribution in [3.05, 3.63) is 29.8 Å². The molecule has 0 amide bonds. The average molecular weight is 284 g/mol. The van der Waals surface area contributed by atoms with Crippen LogP contribution in [0.5, 0.6) is 5.75 Å². The van der Waals surface area contributed by atoms with Gasteiger partial charge in [0.1, 0.15) is 5.75 Å². The number of nitrogens with zero attached hydrogens (tertiary/aromatic N) is 1. The van der Waals surface area contributed by atoms with E-state index in [1.807, 2.05) is 0 Å². The van der Waals surface area contributed by atoms with Crippen molar-refractivity contribution in [2.24, 2.45) is 5.92 Å². The Balaban J connectivity index is 1.92. The lowest BCUT2D eigenvalue weighted by Gasteiger charge is -2.29. The lowest BCUT2D eigenvalue weighted by molar-refractivity contribution is 0.285. The number of benzene rings is 1. The predicted octanol–water partition coefficient (Wildman–Crippen LogP) is 1.46. The van der Waals surface area contributed by atoms with E-state index in [9.17, 15) is 8.42 Å². The van der Waals surface area contributed by atoms with Crippen LogP contribution in [0.2, 0.25) is 0 Å². The molecule has 5 nitrogen and oxygen atoms in total. The van der Waals surface area contributed by atoms with E-state index < -0.39 is 10.2 Å². The second-order valence-electron chi connectivity index (χ2n) is 5.07. The molecule has 19 heavy (non-hydrogen) atoms. The van der Waals surface area contributed by atoms with E-state index in [-0.39, 0.29) is 12.3 Å². The van der Waals surface area contributed by atoms with Crippen LogP contribution in [0, 0.1) is 5.92 Å². The SMILES string of the molecule is CC1CCN(S(=O)(=O)NCc2ccc(O)cc2)CC1. The topological polar surface area (TPSA) is 69.6 Å². The summed E-state index contributed by atoms with van der Waals surface area (Å²) in [4.78, 5) is 0. The maximum absolute atomic E-state index is 12.1. The second-order valence-corrected chi connectivity index (χ2v) is 6.83. The van der Waals surface area contributed by atoms with Gasteiger partial charge in [-0.3, -0.25) is 0 Å². The highest BCUT2D eigenvalue weighted by Crippen LogP contribution is 2.18. The molecular weight excluding hydrogens is 264 g/mol. The summed E-state index contributed by atoms with van der Waals surface area (Å²) >= 11 is 0. The fourth-order valence-electron chi connectivity index (χ4n) is 2.10. The van der Waals surface area contributed by atoms with Crippen LogP contribution in [0.15, 0.2) is 24.3 Å². The smallest absolute Gasteiger partial charge is 0.279 e. The van der Waals surface area contributed by atoms with Gasteiger partial charge in [0, 0.05) is 19.6 Å². The van der Waals surface area contributed by atoms with Crippen LogP contribution >= 0.6 is 0 Å². The largest absolute Gasteiger partial charge is 0.508 e. The molecule has 0 radical (unpaired) electrons. The minimum Gasteiger partial charge on any atom is -0.508 e. The van der Waals surface area contributed by atoms with E-state index in [0.29, 0.717) is 19.0 Å². The zero-order valence-electron chi connectivity index (χ0n) is 11.0. The fourth-order valence-corrected chi connectivity index (χ4v) is 3.33. The minimum atomic E-state index is -3.39. The molecule has 0 atom stereocenters. The van der Waals surface area contributed by atoms with Gasteiger partial charge in [-0.05, 0) is 36.5 Å². The molecule has 1 saturated heterocycles. The number of rotatable bonds is 4. The van der Waals surface area contributed by atoms with Crippen LogP contribution in [-0.4, -0.2) is 30.9 Å². The zero-order chi connectivity index (χ0) is 13.9. The van der Waals surface area contributed by atoms with Crippen molar-refractivity contribution in [2.75, 3.05) is 13.1 Å². The average Bonchev–Trinajstić information content (AvgIpc) is 2.39. The molecule has 1 heterocycles. The van der Waals surface area contributed by atoms with Crippen molar-refractivity contribution in [2.45, 2.75) is 26.3 Å². The summed E-state index contributed by atoms with van der Waals surface area (Å²) in [6.45, 7) is 3.57. The zero-order valence-corrected chi connectivity index (χ0v) is 11.9. The predicted molar refractivity (Wildman–Crippen MR) is 73.8 cm³/mol. The quantitative estimate of drug-likeness (QED) is 0.879. The Kier molecular flexibility index (Phi) is 4.44. The maximum Gasteiger partial charge on any atom is 0.279 e. The minimum absolute atomic E-state index is 0.177. The van der Waals surface area contributed by atoms with Gasteiger partial charge in [0.15, 0.2) is 0 Å². The number of hydrogen-bond donors (Lipinski definition) is 2. The van der Waals surface area contributed by atoms with Gasteiger partial charge in [-0.2, -0.15) is 17.4 Å². The Morgan fingerprint density at radius 1 is 1.26 bits per heavy atom. The first-order valence-electron chi connectivity index (χ1n) is 6.50. The molecule has 0 spiro atoms. The third-order valence-corrected chi connectivity index (χ3v) is 5.03. The number of aromatic hydroxyl groups is 1. The van der Waals surface area contributed by atoms with Gasteiger partial charge in [-0.15, -0.1) is 0 Å². The molecule has 106 valence electrons. The van der Waals surface area contributed by atoms with Crippen LogP contribution in [0.25, 0.3) is 0 Å². The van der Waals surface area contributed by atoms with Crippen molar-refractivity contribution in [3.8, 4) is 5.75 Å². The van der Waals surface area contributed by atoms with Crippen molar-refractivity contribution >= 4 is 10.2 Å². The Morgan fingerprint density at radius 3 is 2.42 bits per heavy atom. The van der Waals surface area contributed by atoms with Crippen molar-refractivity contribution in [3.63, 3.8) is 0 Å². The molecule has 0 bridgehead atoms. The molecular formula is C13H20N2O3S. The molecule has 0 aromatic heterocycles. The lowest BCUT2D eigenvalue weighted by Crippen LogP contribution is -2.44. The van der Waals surface area contributed by atoms with E-state index in [4.69, 9.17) is 5.11 Å². The van der Waals surface area contributed by atoms with Crippen LogP contribution in [0.1, 0.15) is 25.3 Å². The Morgan fingerprint density at radius 2 is 1.84 bits per heavy atom. The summed E-state index contributed by atoms with van der Waals surface area (Å²) in [6.07, 6.45) is 1.83. The summed E-state index contributed by atoms with van der Waals surface area (Å²) < 4.78 is 28.3. The summed E-state index contributed by atoms with van der Waals surface area (Å²) in [5, 5.41) is 9.17. The van der Waals surface area contributed by atoms with E-state index >= 15 is 0 Å². The Hall–Kier alpha value is -1.11. The van der Waals surface area contributed by atoms with Gasteiger partial charge in [-0.25, -0.2) is 0 Å². The second kappa shape index (κ2) is 5.90. The van der Waals surface area contributed by atoms with E-state index in [2.05, 4.69) is 11.6 Å². The van der Waals surface area contributed by atoms with E-state index in [1.54, 1.807) is 24.3 Å². The molecule has 0 aliphatic carbocycles. The molecule has 1 aromatic rings. The first-order chi connectivity index (χ1) is 8.97. The summed E-state index contributed by atoms with van der Waals surface area (Å²) in [5.41, 5.74) is 0.826. The molecule has 0 saturated carbocycles. The van der Waals surface area contributed by atoms with Crippen LogP contribution in [-0.2, 0) is 16.8 Å². The highest BCUT2D eigenvalue weighted by atomic mass is 32.2. The maximum atomic E-state index is 12.1. The standard InChI is InChI=1S/C13H20N2O3S/c1-11-6-8-15(9-7-11)19(17,18)14-10-12-2-4-13(16)5-3-12/h2-5,11,14,16H,6-10H2,1H3. The number of hydrogen-bond acceptors (Lipinski definition) is 3. The van der Waals surface area contributed by atoms with Crippen LogP contribution in [0.3, 0.4) is 0 Å². The molecule has 1 aromatic carbocycles. The number of phenolic OH excluding ortho intramolecular Hbond substituents is 1. The number of nitrogens with one attached hydrogen (secondary N) is 1. The van der Waals surface area contributed by atoms with Crippen LogP contribution < -0.4 is 4.72 Å². The van der Waals surface area contributed by atoms with Crippen molar-refractivity contribution in [1.29, 1.82) is 0 Å². The molecule has 1 aliphatic heterocycles. The first kappa shape index (κ1) is 14.3. The number of phenols is 1. The van der Waals surface area contributed by atoms with Gasteiger partial charge in [0.25, 0.3) is 10.2 Å². The third kappa shape index (κ3) is 3.92. The van der Waals surface area contributed by atoms with Crippen molar-refractivity contribution in [1.82, 2.24) is 9.03 Å². The molecule has 1 aliphatic rings. The Labute approximate surface area is 114 Å². The molecule has 6 heteroatoms. The van der Waals surface area contributed by atoms with E-state index in [0.717, 1.165) is 18.4 Å². The third-order valence-electron chi connectivity index (χ3n) is 3.48. The van der Waals surface area contributed by atoms with E-state index in [1.165, 1.54) is 4.31 Å². The highest BCUT2D eigenvalue weighted by molar-refractivity contribution is 7.87. The molecule has 2 N–H and O–H groups in total.